The van der Waals surface area contributed by atoms with Crippen LogP contribution in [0.2, 0.25) is 0 Å². The van der Waals surface area contributed by atoms with Crippen molar-refractivity contribution in [2.45, 2.75) is 39.7 Å². The maximum Gasteiger partial charge on any atom is 0.225 e. The molecule has 2 atom stereocenters. The molecule has 6 heteroatoms. The van der Waals surface area contributed by atoms with E-state index in [1.807, 2.05) is 11.9 Å². The van der Waals surface area contributed by atoms with Gasteiger partial charge in [0.05, 0.1) is 13.2 Å². The van der Waals surface area contributed by atoms with Crippen LogP contribution >= 0.6 is 12.4 Å². The van der Waals surface area contributed by atoms with Crippen molar-refractivity contribution in [2.24, 2.45) is 11.3 Å². The molecule has 23 heavy (non-hydrogen) atoms. The van der Waals surface area contributed by atoms with Gasteiger partial charge in [0.15, 0.2) is 0 Å². The van der Waals surface area contributed by atoms with E-state index < -0.39 is 0 Å². The number of hydrogen-bond acceptors (Lipinski definition) is 4. The Bertz CT molecular complexity index is 373. The fraction of sp³-hybridized carbons (Fsp3) is 0.941. The van der Waals surface area contributed by atoms with E-state index >= 15 is 0 Å². The lowest BCUT2D eigenvalue weighted by Crippen LogP contribution is -2.48. The molecule has 0 saturated carbocycles. The summed E-state index contributed by atoms with van der Waals surface area (Å²) in [6, 6.07) is 0.456. The van der Waals surface area contributed by atoms with Crippen LogP contribution in [-0.2, 0) is 9.53 Å². The second kappa shape index (κ2) is 9.21. The number of rotatable bonds is 5. The van der Waals surface area contributed by atoms with E-state index in [-0.39, 0.29) is 23.7 Å². The molecule has 2 aliphatic heterocycles. The first-order valence-electron chi connectivity index (χ1n) is 8.66. The molecular weight excluding hydrogens is 314 g/mol. The molecule has 0 bridgehead atoms. The Hall–Kier alpha value is -0.360. The van der Waals surface area contributed by atoms with Gasteiger partial charge < -0.3 is 15.0 Å². The molecule has 136 valence electrons. The zero-order chi connectivity index (χ0) is 16.2. The van der Waals surface area contributed by atoms with Crippen molar-refractivity contribution in [3.8, 4) is 0 Å². The second-order valence-electron chi connectivity index (χ2n) is 7.82. The van der Waals surface area contributed by atoms with Gasteiger partial charge in [0, 0.05) is 45.2 Å². The Kier molecular flexibility index (Phi) is 8.28. The summed E-state index contributed by atoms with van der Waals surface area (Å²) in [5, 5.41) is 3.42. The quantitative estimate of drug-likeness (QED) is 0.820. The Morgan fingerprint density at radius 3 is 2.61 bits per heavy atom. The fourth-order valence-electron chi connectivity index (χ4n) is 3.80. The molecule has 0 aromatic heterocycles. The van der Waals surface area contributed by atoms with E-state index in [4.69, 9.17) is 4.74 Å². The summed E-state index contributed by atoms with van der Waals surface area (Å²) in [6.07, 6.45) is 1.93. The number of carbonyl (C=O) groups is 1. The lowest BCUT2D eigenvalue weighted by molar-refractivity contribution is -0.136. The number of hydrogen-bond donors (Lipinski definition) is 1. The highest BCUT2D eigenvalue weighted by Gasteiger charge is 2.31. The van der Waals surface area contributed by atoms with Crippen molar-refractivity contribution >= 4 is 18.3 Å². The summed E-state index contributed by atoms with van der Waals surface area (Å²) in [6.45, 7) is 13.2. The minimum atomic E-state index is 0. The highest BCUT2D eigenvalue weighted by atomic mass is 35.5. The lowest BCUT2D eigenvalue weighted by atomic mass is 9.89. The maximum atomic E-state index is 12.7. The van der Waals surface area contributed by atoms with E-state index in [2.05, 4.69) is 31.0 Å². The van der Waals surface area contributed by atoms with Crippen molar-refractivity contribution in [2.75, 3.05) is 53.0 Å². The molecule has 2 heterocycles. The Morgan fingerprint density at radius 2 is 2.00 bits per heavy atom. The molecule has 1 N–H and O–H groups in total. The normalized spacial score (nSPS) is 26.4. The summed E-state index contributed by atoms with van der Waals surface area (Å²) in [5.41, 5.74) is 0.111. The zero-order valence-corrected chi connectivity index (χ0v) is 16.0. The summed E-state index contributed by atoms with van der Waals surface area (Å²) < 4.78 is 5.41. The number of morpholine rings is 1. The van der Waals surface area contributed by atoms with E-state index in [1.54, 1.807) is 0 Å². The van der Waals surface area contributed by atoms with Crippen LogP contribution in [0.4, 0.5) is 0 Å². The van der Waals surface area contributed by atoms with E-state index in [0.717, 1.165) is 58.8 Å². The summed E-state index contributed by atoms with van der Waals surface area (Å²) in [4.78, 5) is 17.1. The molecule has 1 amide bonds. The zero-order valence-electron chi connectivity index (χ0n) is 15.1. The minimum Gasteiger partial charge on any atom is -0.379 e. The van der Waals surface area contributed by atoms with Gasteiger partial charge in [-0.1, -0.05) is 13.8 Å². The lowest BCUT2D eigenvalue weighted by Gasteiger charge is -2.38. The third-order valence-electron chi connectivity index (χ3n) is 4.77. The number of carbonyl (C=O) groups excluding carboxylic acids is 1. The molecule has 0 spiro atoms. The summed E-state index contributed by atoms with van der Waals surface area (Å²) in [5.74, 6) is 0.517. The first-order valence-corrected chi connectivity index (χ1v) is 8.66. The van der Waals surface area contributed by atoms with Gasteiger partial charge in [0.25, 0.3) is 0 Å². The molecule has 5 nitrogen and oxygen atoms in total. The van der Waals surface area contributed by atoms with Crippen LogP contribution < -0.4 is 5.32 Å². The molecule has 2 aliphatic rings. The van der Waals surface area contributed by atoms with Crippen LogP contribution in [0.5, 0.6) is 0 Å². The Balaban J connectivity index is 0.00000264. The maximum absolute atomic E-state index is 12.7. The first kappa shape index (κ1) is 20.7. The van der Waals surface area contributed by atoms with Crippen molar-refractivity contribution in [1.29, 1.82) is 0 Å². The summed E-state index contributed by atoms with van der Waals surface area (Å²) in [7, 11) is 1.97. The molecule has 0 aromatic carbocycles. The van der Waals surface area contributed by atoms with Crippen LogP contribution in [0.15, 0.2) is 0 Å². The number of halogens is 1. The molecule has 0 radical (unpaired) electrons. The van der Waals surface area contributed by atoms with E-state index in [0.29, 0.717) is 11.9 Å². The van der Waals surface area contributed by atoms with Crippen LogP contribution in [0.3, 0.4) is 0 Å². The minimum absolute atomic E-state index is 0. The SMILES string of the molecule is C[C@H]1C[C@@H](C(=O)N(C)CC(C)(C)CN2CCOCC2)CCN1.Cl. The average Bonchev–Trinajstić information content (AvgIpc) is 2.46. The first-order chi connectivity index (χ1) is 10.4. The van der Waals surface area contributed by atoms with Gasteiger partial charge in [0.2, 0.25) is 5.91 Å². The Morgan fingerprint density at radius 1 is 1.35 bits per heavy atom. The molecule has 0 aliphatic carbocycles. The van der Waals surface area contributed by atoms with Crippen LogP contribution in [0, 0.1) is 11.3 Å². The van der Waals surface area contributed by atoms with Gasteiger partial charge in [-0.05, 0) is 31.7 Å². The molecule has 2 fully saturated rings. The van der Waals surface area contributed by atoms with Gasteiger partial charge in [0.1, 0.15) is 0 Å². The standard InChI is InChI=1S/C17H33N3O2.ClH/c1-14-11-15(5-6-18-14)16(21)19(4)12-17(2,3)13-20-7-9-22-10-8-20;/h14-15,18H,5-13H2,1-4H3;1H/t14-,15-;/m0./s1. The number of piperidine rings is 1. The van der Waals surface area contributed by atoms with Crippen molar-refractivity contribution < 1.29 is 9.53 Å². The van der Waals surface area contributed by atoms with Gasteiger partial charge >= 0.3 is 0 Å². The fourth-order valence-corrected chi connectivity index (χ4v) is 3.80. The molecular formula is C17H34ClN3O2. The monoisotopic (exact) mass is 347 g/mol. The largest absolute Gasteiger partial charge is 0.379 e. The van der Waals surface area contributed by atoms with Crippen LogP contribution in [-0.4, -0.2) is 74.7 Å². The number of nitrogens with zero attached hydrogens (tertiary/aromatic N) is 2. The van der Waals surface area contributed by atoms with Crippen molar-refractivity contribution in [1.82, 2.24) is 15.1 Å². The molecule has 0 unspecified atom stereocenters. The number of ether oxygens (including phenoxy) is 1. The summed E-state index contributed by atoms with van der Waals surface area (Å²) >= 11 is 0. The smallest absolute Gasteiger partial charge is 0.225 e. The van der Waals surface area contributed by atoms with Crippen molar-refractivity contribution in [3.05, 3.63) is 0 Å². The number of amides is 1. The van der Waals surface area contributed by atoms with Crippen molar-refractivity contribution in [3.63, 3.8) is 0 Å². The predicted octanol–water partition coefficient (Wildman–Crippen LogP) is 1.61. The molecule has 2 rings (SSSR count). The Labute approximate surface area is 147 Å². The van der Waals surface area contributed by atoms with Crippen LogP contribution in [0.1, 0.15) is 33.6 Å². The van der Waals surface area contributed by atoms with E-state index in [9.17, 15) is 4.79 Å². The topological polar surface area (TPSA) is 44.8 Å². The highest BCUT2D eigenvalue weighted by molar-refractivity contribution is 5.85. The predicted molar refractivity (Wildman–Crippen MR) is 96.1 cm³/mol. The van der Waals surface area contributed by atoms with Gasteiger partial charge in [-0.2, -0.15) is 0 Å². The van der Waals surface area contributed by atoms with Gasteiger partial charge in [-0.3, -0.25) is 9.69 Å². The average molecular weight is 348 g/mol. The third kappa shape index (κ3) is 6.57. The molecule has 0 aromatic rings. The second-order valence-corrected chi connectivity index (χ2v) is 7.82. The van der Waals surface area contributed by atoms with E-state index in [1.165, 1.54) is 0 Å². The number of nitrogens with one attached hydrogen (secondary N) is 1. The molecule has 2 saturated heterocycles. The highest BCUT2D eigenvalue weighted by Crippen LogP contribution is 2.23. The van der Waals surface area contributed by atoms with Gasteiger partial charge in [-0.15, -0.1) is 12.4 Å². The van der Waals surface area contributed by atoms with Gasteiger partial charge in [-0.25, -0.2) is 0 Å². The van der Waals surface area contributed by atoms with Crippen LogP contribution in [0.25, 0.3) is 0 Å². The third-order valence-corrected chi connectivity index (χ3v) is 4.77.